The van der Waals surface area contributed by atoms with E-state index in [-0.39, 0.29) is 17.9 Å². The van der Waals surface area contributed by atoms with Crippen LogP contribution in [0.1, 0.15) is 42.4 Å². The zero-order valence-corrected chi connectivity index (χ0v) is 15.8. The summed E-state index contributed by atoms with van der Waals surface area (Å²) < 4.78 is 0. The Hall–Kier alpha value is -2.62. The third kappa shape index (κ3) is 4.05. The summed E-state index contributed by atoms with van der Waals surface area (Å²) in [7, 11) is 0. The number of carbonyl (C=O) groups excluding carboxylic acids is 1. The highest BCUT2D eigenvalue weighted by molar-refractivity contribution is 6.02. The molecular weight excluding hydrogens is 336 g/mol. The third-order valence-electron chi connectivity index (χ3n) is 5.60. The molecule has 4 nitrogen and oxygen atoms in total. The second-order valence-electron chi connectivity index (χ2n) is 7.62. The van der Waals surface area contributed by atoms with Crippen LogP contribution in [0.15, 0.2) is 59.8 Å². The van der Waals surface area contributed by atoms with Gasteiger partial charge in [0.05, 0.1) is 12.3 Å². The molecule has 1 aliphatic heterocycles. The van der Waals surface area contributed by atoms with E-state index in [9.17, 15) is 4.79 Å². The van der Waals surface area contributed by atoms with Crippen molar-refractivity contribution >= 4 is 11.6 Å². The van der Waals surface area contributed by atoms with Gasteiger partial charge in [0.25, 0.3) is 0 Å². The van der Waals surface area contributed by atoms with Gasteiger partial charge in [-0.1, -0.05) is 66.2 Å². The highest BCUT2D eigenvalue weighted by Gasteiger charge is 2.33. The van der Waals surface area contributed by atoms with Gasteiger partial charge in [-0.25, -0.2) is 0 Å². The van der Waals surface area contributed by atoms with Crippen LogP contribution in [0.2, 0.25) is 0 Å². The highest BCUT2D eigenvalue weighted by Crippen LogP contribution is 2.29. The number of carbonyl (C=O) groups is 1. The maximum atomic E-state index is 13.0. The van der Waals surface area contributed by atoms with Crippen molar-refractivity contribution < 1.29 is 9.63 Å². The second kappa shape index (κ2) is 7.95. The first-order chi connectivity index (χ1) is 13.2. The Kier molecular flexibility index (Phi) is 5.23. The molecule has 0 saturated heterocycles. The summed E-state index contributed by atoms with van der Waals surface area (Å²) in [4.78, 5) is 20.6. The van der Waals surface area contributed by atoms with Crippen LogP contribution in [0.25, 0.3) is 0 Å². The average molecular weight is 362 g/mol. The van der Waals surface area contributed by atoms with Crippen molar-refractivity contribution in [1.29, 1.82) is 0 Å². The van der Waals surface area contributed by atoms with Gasteiger partial charge in [0.2, 0.25) is 5.91 Å². The molecule has 1 fully saturated rings. The smallest absolute Gasteiger partial charge is 0.226 e. The van der Waals surface area contributed by atoms with Gasteiger partial charge in [0, 0.05) is 24.4 Å². The van der Waals surface area contributed by atoms with Crippen molar-refractivity contribution in [3.63, 3.8) is 0 Å². The van der Waals surface area contributed by atoms with Crippen molar-refractivity contribution in [3.05, 3.63) is 71.3 Å². The largest absolute Gasteiger partial charge is 0.390 e. The molecule has 0 aromatic heterocycles. The quantitative estimate of drug-likeness (QED) is 0.768. The number of amides is 1. The van der Waals surface area contributed by atoms with Crippen LogP contribution in [0.3, 0.4) is 0 Å². The summed E-state index contributed by atoms with van der Waals surface area (Å²) in [5.74, 6) is 0.449. The Morgan fingerprint density at radius 2 is 1.85 bits per heavy atom. The molecule has 0 bridgehead atoms. The minimum atomic E-state index is -0.0765. The molecule has 1 aliphatic carbocycles. The van der Waals surface area contributed by atoms with Crippen LogP contribution in [0.4, 0.5) is 0 Å². The SMILES string of the molecule is Cc1ccccc1C1=NO[C@@H](CN(Cc2ccccc2)C(=O)C2CCC2)C1. The topological polar surface area (TPSA) is 41.9 Å². The molecule has 140 valence electrons. The lowest BCUT2D eigenvalue weighted by Gasteiger charge is -2.32. The normalized spacial score (nSPS) is 19.1. The number of hydrogen-bond donors (Lipinski definition) is 0. The van der Waals surface area contributed by atoms with E-state index >= 15 is 0 Å². The van der Waals surface area contributed by atoms with Crippen molar-refractivity contribution in [3.8, 4) is 0 Å². The zero-order chi connectivity index (χ0) is 18.6. The molecule has 4 heteroatoms. The molecule has 27 heavy (non-hydrogen) atoms. The fourth-order valence-electron chi connectivity index (χ4n) is 3.78. The van der Waals surface area contributed by atoms with Gasteiger partial charge in [-0.15, -0.1) is 0 Å². The Labute approximate surface area is 160 Å². The van der Waals surface area contributed by atoms with Crippen molar-refractivity contribution in [2.75, 3.05) is 6.54 Å². The lowest BCUT2D eigenvalue weighted by Crippen LogP contribution is -2.42. The fourth-order valence-corrected chi connectivity index (χ4v) is 3.78. The molecule has 4 rings (SSSR count). The molecule has 1 saturated carbocycles. The van der Waals surface area contributed by atoms with Gasteiger partial charge < -0.3 is 9.74 Å². The lowest BCUT2D eigenvalue weighted by atomic mass is 9.84. The summed E-state index contributed by atoms with van der Waals surface area (Å²) in [6.07, 6.45) is 3.86. The number of benzene rings is 2. The number of hydrogen-bond acceptors (Lipinski definition) is 3. The minimum Gasteiger partial charge on any atom is -0.390 e. The van der Waals surface area contributed by atoms with E-state index in [1.54, 1.807) is 0 Å². The van der Waals surface area contributed by atoms with Gasteiger partial charge in [-0.05, 0) is 30.9 Å². The number of nitrogens with zero attached hydrogens (tertiary/aromatic N) is 2. The van der Waals surface area contributed by atoms with E-state index in [4.69, 9.17) is 4.84 Å². The standard InChI is InChI=1S/C23H26N2O2/c1-17-8-5-6-13-21(17)22-14-20(27-24-22)16-25(23(26)19-11-7-12-19)15-18-9-3-2-4-10-18/h2-6,8-10,13,19-20H,7,11-12,14-16H2,1H3/t20-/m1/s1. The summed E-state index contributed by atoms with van der Waals surface area (Å²) in [6, 6.07) is 18.4. The van der Waals surface area contributed by atoms with Crippen molar-refractivity contribution in [2.45, 2.75) is 45.3 Å². The predicted molar refractivity (Wildman–Crippen MR) is 106 cm³/mol. The summed E-state index contributed by atoms with van der Waals surface area (Å²) in [5.41, 5.74) is 4.48. The first-order valence-corrected chi connectivity index (χ1v) is 9.82. The minimum absolute atomic E-state index is 0.0765. The molecule has 1 heterocycles. The van der Waals surface area contributed by atoms with Gasteiger partial charge in [0.15, 0.2) is 6.10 Å². The second-order valence-corrected chi connectivity index (χ2v) is 7.62. The van der Waals surface area contributed by atoms with Gasteiger partial charge in [-0.2, -0.15) is 0 Å². The first-order valence-electron chi connectivity index (χ1n) is 9.82. The van der Waals surface area contributed by atoms with Gasteiger partial charge in [-0.3, -0.25) is 4.79 Å². The zero-order valence-electron chi connectivity index (χ0n) is 15.8. The molecule has 0 unspecified atom stereocenters. The highest BCUT2D eigenvalue weighted by atomic mass is 16.6. The van der Waals surface area contributed by atoms with Crippen LogP contribution in [-0.2, 0) is 16.2 Å². The van der Waals surface area contributed by atoms with Crippen LogP contribution >= 0.6 is 0 Å². The van der Waals surface area contributed by atoms with Crippen LogP contribution < -0.4 is 0 Å². The Morgan fingerprint density at radius 3 is 2.56 bits per heavy atom. The molecule has 2 aromatic carbocycles. The third-order valence-corrected chi connectivity index (χ3v) is 5.60. The number of aryl methyl sites for hydroxylation is 1. The number of oxime groups is 1. The van der Waals surface area contributed by atoms with E-state index in [1.807, 2.05) is 35.2 Å². The van der Waals surface area contributed by atoms with E-state index in [0.29, 0.717) is 13.1 Å². The van der Waals surface area contributed by atoms with Crippen molar-refractivity contribution in [1.82, 2.24) is 4.90 Å². The Morgan fingerprint density at radius 1 is 1.11 bits per heavy atom. The molecule has 0 radical (unpaired) electrons. The van der Waals surface area contributed by atoms with Gasteiger partial charge >= 0.3 is 0 Å². The fraction of sp³-hybridized carbons (Fsp3) is 0.391. The average Bonchev–Trinajstić information content (AvgIpc) is 3.09. The number of rotatable bonds is 6. The van der Waals surface area contributed by atoms with Crippen LogP contribution in [0, 0.1) is 12.8 Å². The Balaban J connectivity index is 1.44. The van der Waals surface area contributed by atoms with E-state index in [1.165, 1.54) is 5.56 Å². The Bertz CT molecular complexity index is 827. The maximum absolute atomic E-state index is 13.0. The molecule has 0 spiro atoms. The van der Waals surface area contributed by atoms with Gasteiger partial charge in [0.1, 0.15) is 0 Å². The molecule has 2 aliphatic rings. The monoisotopic (exact) mass is 362 g/mol. The van der Waals surface area contributed by atoms with E-state index < -0.39 is 0 Å². The molecule has 0 N–H and O–H groups in total. The molecule has 2 aromatic rings. The first kappa shape index (κ1) is 17.8. The van der Waals surface area contributed by atoms with Crippen LogP contribution in [-0.4, -0.2) is 29.2 Å². The van der Waals surface area contributed by atoms with E-state index in [0.717, 1.165) is 42.5 Å². The molecule has 1 amide bonds. The van der Waals surface area contributed by atoms with Crippen LogP contribution in [0.5, 0.6) is 0 Å². The maximum Gasteiger partial charge on any atom is 0.226 e. The van der Waals surface area contributed by atoms with E-state index in [2.05, 4.69) is 36.3 Å². The lowest BCUT2D eigenvalue weighted by molar-refractivity contribution is -0.140. The van der Waals surface area contributed by atoms with Crippen molar-refractivity contribution in [2.24, 2.45) is 11.1 Å². The molecule has 1 atom stereocenters. The molecular formula is C23H26N2O2. The summed E-state index contributed by atoms with van der Waals surface area (Å²) in [5, 5.41) is 4.33. The predicted octanol–water partition coefficient (Wildman–Crippen LogP) is 4.32. The summed E-state index contributed by atoms with van der Waals surface area (Å²) >= 11 is 0. The summed E-state index contributed by atoms with van der Waals surface area (Å²) in [6.45, 7) is 3.31.